The molecule has 0 aromatic heterocycles. The molecule has 0 aromatic rings. The molecular weight excluding hydrogens is 250 g/mol. The first-order valence-electron chi connectivity index (χ1n) is 6.14. The second-order valence-corrected chi connectivity index (χ2v) is 5.54. The highest BCUT2D eigenvalue weighted by Gasteiger charge is 2.32. The van der Waals surface area contributed by atoms with Gasteiger partial charge in [0.2, 0.25) is 18.2 Å². The Morgan fingerprint density at radius 2 is 1.95 bits per heavy atom. The van der Waals surface area contributed by atoms with Crippen LogP contribution in [0.2, 0.25) is 0 Å². The van der Waals surface area contributed by atoms with Crippen LogP contribution in [0, 0.1) is 11.3 Å². The maximum absolute atomic E-state index is 12.0. The molecule has 0 aliphatic heterocycles. The highest BCUT2D eigenvalue weighted by atomic mass is 16.5. The first-order valence-corrected chi connectivity index (χ1v) is 6.14. The van der Waals surface area contributed by atoms with E-state index in [-0.39, 0.29) is 13.0 Å². The smallest absolute Gasteiger partial charge is 0.240 e. The van der Waals surface area contributed by atoms with Crippen LogP contribution in [0.4, 0.5) is 0 Å². The molecule has 0 aliphatic rings. The molecule has 19 heavy (non-hydrogen) atoms. The lowest BCUT2D eigenvalue weighted by atomic mass is 9.86. The van der Waals surface area contributed by atoms with Crippen molar-refractivity contribution in [2.45, 2.75) is 40.2 Å². The molecule has 0 rings (SSSR count). The molecule has 0 saturated heterocycles. The Bertz CT molecular complexity index is 338. The van der Waals surface area contributed by atoms with Crippen LogP contribution in [0.15, 0.2) is 0 Å². The molecule has 0 saturated carbocycles. The van der Waals surface area contributed by atoms with Crippen LogP contribution < -0.4 is 11.1 Å². The van der Waals surface area contributed by atoms with Crippen LogP contribution in [-0.2, 0) is 14.4 Å². The summed E-state index contributed by atoms with van der Waals surface area (Å²) in [4.78, 5) is 33.7. The molecule has 0 heterocycles. The normalized spacial score (nSPS) is 14.4. The van der Waals surface area contributed by atoms with Crippen molar-refractivity contribution in [2.75, 3.05) is 6.54 Å². The topological polar surface area (TPSA) is 113 Å². The number of amides is 3. The minimum Gasteiger partial charge on any atom is -0.368 e. The third-order valence-electron chi connectivity index (χ3n) is 2.83. The number of hydrogen-bond acceptors (Lipinski definition) is 4. The molecule has 0 aliphatic carbocycles. The summed E-state index contributed by atoms with van der Waals surface area (Å²) in [5, 5.41) is 12.1. The van der Waals surface area contributed by atoms with Gasteiger partial charge in [-0.15, -0.1) is 0 Å². The Hall–Kier alpha value is -1.63. The first-order chi connectivity index (χ1) is 8.63. The Balaban J connectivity index is 4.79. The van der Waals surface area contributed by atoms with Gasteiger partial charge in [0.15, 0.2) is 0 Å². The zero-order valence-corrected chi connectivity index (χ0v) is 11.8. The van der Waals surface area contributed by atoms with E-state index in [4.69, 9.17) is 10.9 Å². The van der Waals surface area contributed by atoms with Crippen molar-refractivity contribution < 1.29 is 19.6 Å². The number of nitrogens with zero attached hydrogens (tertiary/aromatic N) is 1. The summed E-state index contributed by atoms with van der Waals surface area (Å²) in [6.45, 7) is 6.98. The van der Waals surface area contributed by atoms with E-state index in [9.17, 15) is 14.4 Å². The molecule has 110 valence electrons. The maximum Gasteiger partial charge on any atom is 0.240 e. The number of nitrogens with one attached hydrogen (secondary N) is 1. The molecule has 0 aromatic carbocycles. The highest BCUT2D eigenvalue weighted by molar-refractivity contribution is 5.88. The minimum absolute atomic E-state index is 0.124. The Labute approximate surface area is 113 Å². The third kappa shape index (κ3) is 5.69. The molecular formula is C12H23N3O4. The van der Waals surface area contributed by atoms with E-state index in [1.807, 2.05) is 0 Å². The van der Waals surface area contributed by atoms with Crippen molar-refractivity contribution >= 4 is 18.2 Å². The largest absolute Gasteiger partial charge is 0.368 e. The highest BCUT2D eigenvalue weighted by Crippen LogP contribution is 2.19. The van der Waals surface area contributed by atoms with Crippen molar-refractivity contribution in [1.82, 2.24) is 10.4 Å². The number of nitrogens with two attached hydrogens (primary N) is 1. The van der Waals surface area contributed by atoms with E-state index >= 15 is 0 Å². The molecule has 0 fully saturated rings. The zero-order chi connectivity index (χ0) is 15.2. The van der Waals surface area contributed by atoms with E-state index in [2.05, 4.69) is 5.32 Å². The second-order valence-electron chi connectivity index (χ2n) is 5.54. The molecule has 2 atom stereocenters. The maximum atomic E-state index is 12.0. The van der Waals surface area contributed by atoms with Gasteiger partial charge in [0.05, 0.1) is 12.5 Å². The van der Waals surface area contributed by atoms with Gasteiger partial charge in [-0.3, -0.25) is 19.6 Å². The van der Waals surface area contributed by atoms with E-state index in [0.29, 0.717) is 11.5 Å². The third-order valence-corrected chi connectivity index (χ3v) is 2.83. The Morgan fingerprint density at radius 3 is 2.26 bits per heavy atom. The lowest BCUT2D eigenvalue weighted by molar-refractivity contribution is -0.155. The van der Waals surface area contributed by atoms with Crippen LogP contribution in [-0.4, -0.2) is 41.1 Å². The van der Waals surface area contributed by atoms with E-state index in [1.165, 1.54) is 0 Å². The Kier molecular flexibility index (Phi) is 6.47. The number of primary amides is 1. The zero-order valence-electron chi connectivity index (χ0n) is 11.8. The number of hydroxylamine groups is 2. The van der Waals surface area contributed by atoms with Crippen molar-refractivity contribution in [3.8, 4) is 0 Å². The lowest BCUT2D eigenvalue weighted by Crippen LogP contribution is -2.54. The number of rotatable bonds is 7. The molecule has 7 heteroatoms. The molecule has 7 nitrogen and oxygen atoms in total. The summed E-state index contributed by atoms with van der Waals surface area (Å²) < 4.78 is 0. The summed E-state index contributed by atoms with van der Waals surface area (Å²) in [5.41, 5.74) is 4.76. The fraction of sp³-hybridized carbons (Fsp3) is 0.750. The van der Waals surface area contributed by atoms with Crippen LogP contribution in [0.25, 0.3) is 0 Å². The van der Waals surface area contributed by atoms with Crippen LogP contribution in [0.5, 0.6) is 0 Å². The molecule has 0 spiro atoms. The van der Waals surface area contributed by atoms with Crippen LogP contribution in [0.3, 0.4) is 0 Å². The summed E-state index contributed by atoms with van der Waals surface area (Å²) in [6.07, 6.45) is 0.650. The molecule has 0 bridgehead atoms. The lowest BCUT2D eigenvalue weighted by Gasteiger charge is -2.30. The predicted octanol–water partition coefficient (Wildman–Crippen LogP) is -0.124. The summed E-state index contributed by atoms with van der Waals surface area (Å²) in [6, 6.07) is -0.808. The van der Waals surface area contributed by atoms with Gasteiger partial charge in [-0.1, -0.05) is 27.7 Å². The summed E-state index contributed by atoms with van der Waals surface area (Å²) in [7, 11) is 0. The van der Waals surface area contributed by atoms with Gasteiger partial charge < -0.3 is 11.1 Å². The van der Waals surface area contributed by atoms with Crippen molar-refractivity contribution in [3.05, 3.63) is 0 Å². The first kappa shape index (κ1) is 17.4. The van der Waals surface area contributed by atoms with E-state index < -0.39 is 29.2 Å². The molecule has 1 unspecified atom stereocenters. The average molecular weight is 273 g/mol. The van der Waals surface area contributed by atoms with Gasteiger partial charge in [-0.25, -0.2) is 5.06 Å². The van der Waals surface area contributed by atoms with E-state index in [0.717, 1.165) is 0 Å². The number of carbonyl (C=O) groups excluding carboxylic acids is 3. The molecule has 4 N–H and O–H groups in total. The van der Waals surface area contributed by atoms with Crippen molar-refractivity contribution in [2.24, 2.45) is 17.1 Å². The molecule has 3 amide bonds. The monoisotopic (exact) mass is 273 g/mol. The predicted molar refractivity (Wildman–Crippen MR) is 68.9 cm³/mol. The number of carbonyl (C=O) groups is 3. The van der Waals surface area contributed by atoms with Gasteiger partial charge in [0.25, 0.3) is 0 Å². The molecule has 0 radical (unpaired) electrons. The fourth-order valence-corrected chi connectivity index (χ4v) is 1.64. The van der Waals surface area contributed by atoms with E-state index in [1.54, 1.807) is 27.7 Å². The van der Waals surface area contributed by atoms with Crippen molar-refractivity contribution in [3.63, 3.8) is 0 Å². The summed E-state index contributed by atoms with van der Waals surface area (Å²) in [5.74, 6) is -1.63. The second kappa shape index (κ2) is 7.08. The summed E-state index contributed by atoms with van der Waals surface area (Å²) >= 11 is 0. The van der Waals surface area contributed by atoms with Gasteiger partial charge in [-0.05, 0) is 11.8 Å². The average Bonchev–Trinajstić information content (AvgIpc) is 2.30. The minimum atomic E-state index is -0.808. The van der Waals surface area contributed by atoms with Crippen LogP contribution in [0.1, 0.15) is 34.1 Å². The van der Waals surface area contributed by atoms with Gasteiger partial charge in [-0.2, -0.15) is 0 Å². The fourth-order valence-electron chi connectivity index (χ4n) is 1.64. The quantitative estimate of drug-likeness (QED) is 0.341. The van der Waals surface area contributed by atoms with Gasteiger partial charge in [0.1, 0.15) is 6.04 Å². The SMILES string of the molecule is CC[C@H](CN(O)C=O)C(=O)NC(C(N)=O)C(C)(C)C. The Morgan fingerprint density at radius 1 is 1.42 bits per heavy atom. The number of hydrogen-bond donors (Lipinski definition) is 3. The van der Waals surface area contributed by atoms with Gasteiger partial charge in [0, 0.05) is 0 Å². The van der Waals surface area contributed by atoms with Crippen molar-refractivity contribution in [1.29, 1.82) is 0 Å². The van der Waals surface area contributed by atoms with Crippen LogP contribution >= 0.6 is 0 Å². The standard InChI is InChI=1S/C12H23N3O4/c1-5-8(6-15(19)7-16)11(18)14-9(10(13)17)12(2,3)4/h7-9,19H,5-6H2,1-4H3,(H2,13,17)(H,14,18)/t8-,9?/m1/s1. The van der Waals surface area contributed by atoms with Gasteiger partial charge >= 0.3 is 0 Å².